The highest BCUT2D eigenvalue weighted by Crippen LogP contribution is 2.40. The summed E-state index contributed by atoms with van der Waals surface area (Å²) in [5.74, 6) is 0. The number of carbonyl (C=O) groups excluding carboxylic acids is 1. The number of piperidine rings is 1. The Morgan fingerprint density at radius 3 is 2.74 bits per heavy atom. The molecule has 2 aliphatic heterocycles. The van der Waals surface area contributed by atoms with E-state index in [0.29, 0.717) is 6.04 Å². The molecule has 1 unspecified atom stereocenters. The van der Waals surface area contributed by atoms with Crippen molar-refractivity contribution in [3.8, 4) is 0 Å². The highest BCUT2D eigenvalue weighted by Gasteiger charge is 2.48. The van der Waals surface area contributed by atoms with Crippen LogP contribution in [0.25, 0.3) is 0 Å². The van der Waals surface area contributed by atoms with Crippen LogP contribution in [-0.4, -0.2) is 61.8 Å². The van der Waals surface area contributed by atoms with Gasteiger partial charge >= 0.3 is 6.03 Å². The fourth-order valence-corrected chi connectivity index (χ4v) is 3.53. The summed E-state index contributed by atoms with van der Waals surface area (Å²) in [6, 6.07) is 0.502. The Labute approximate surface area is 113 Å². The fourth-order valence-electron chi connectivity index (χ4n) is 3.53. The molecule has 19 heavy (non-hydrogen) atoms. The van der Waals surface area contributed by atoms with Crippen LogP contribution in [0, 0.1) is 0 Å². The smallest absolute Gasteiger partial charge is 0.321 e. The molecule has 0 aliphatic carbocycles. The van der Waals surface area contributed by atoms with Crippen molar-refractivity contribution < 1.29 is 4.79 Å². The molecule has 6 nitrogen and oxygen atoms in total. The molecule has 0 aromatic carbocycles. The predicted octanol–water partition coefficient (Wildman–Crippen LogP) is 1.19. The van der Waals surface area contributed by atoms with Gasteiger partial charge in [0.2, 0.25) is 0 Å². The van der Waals surface area contributed by atoms with Crippen LogP contribution >= 0.6 is 0 Å². The van der Waals surface area contributed by atoms with Crippen molar-refractivity contribution in [2.45, 2.75) is 44.7 Å². The van der Waals surface area contributed by atoms with E-state index in [0.717, 1.165) is 26.1 Å². The number of hydrogen-bond acceptors (Lipinski definition) is 4. The lowest BCUT2D eigenvalue weighted by molar-refractivity contribution is -0.0760. The summed E-state index contributed by atoms with van der Waals surface area (Å²) >= 11 is 0. The number of aromatic nitrogens is 3. The molecular formula is C13H21N5O. The third kappa shape index (κ3) is 2.04. The number of hydrogen-bond donors (Lipinski definition) is 0. The molecule has 1 atom stereocenters. The second kappa shape index (κ2) is 4.59. The number of rotatable bonds is 1. The van der Waals surface area contributed by atoms with E-state index in [-0.39, 0.29) is 11.6 Å². The zero-order valence-corrected chi connectivity index (χ0v) is 11.6. The molecule has 3 rings (SSSR count). The van der Waals surface area contributed by atoms with Crippen molar-refractivity contribution in [2.24, 2.45) is 0 Å². The summed E-state index contributed by atoms with van der Waals surface area (Å²) in [4.78, 5) is 20.6. The third-order valence-corrected chi connectivity index (χ3v) is 4.49. The van der Waals surface area contributed by atoms with E-state index in [9.17, 15) is 4.79 Å². The van der Waals surface area contributed by atoms with Crippen molar-refractivity contribution in [1.29, 1.82) is 0 Å². The first-order valence-corrected chi connectivity index (χ1v) is 7.03. The van der Waals surface area contributed by atoms with Gasteiger partial charge in [0.1, 0.15) is 12.7 Å². The molecule has 0 N–H and O–H groups in total. The number of amides is 1. The van der Waals surface area contributed by atoms with E-state index in [1.165, 1.54) is 30.2 Å². The first-order valence-electron chi connectivity index (χ1n) is 7.03. The molecule has 6 heteroatoms. The Kier molecular flexibility index (Phi) is 3.05. The molecule has 0 bridgehead atoms. The van der Waals surface area contributed by atoms with Crippen LogP contribution in [0.3, 0.4) is 0 Å². The van der Waals surface area contributed by atoms with Crippen LogP contribution in [0.5, 0.6) is 0 Å². The Morgan fingerprint density at radius 1 is 1.32 bits per heavy atom. The Balaban J connectivity index is 1.74. The van der Waals surface area contributed by atoms with Gasteiger partial charge in [0.15, 0.2) is 0 Å². The maximum absolute atomic E-state index is 12.3. The summed E-state index contributed by atoms with van der Waals surface area (Å²) in [7, 11) is 0. The van der Waals surface area contributed by atoms with E-state index in [4.69, 9.17) is 0 Å². The van der Waals surface area contributed by atoms with Crippen molar-refractivity contribution in [2.75, 3.05) is 19.6 Å². The summed E-state index contributed by atoms with van der Waals surface area (Å²) in [5.41, 5.74) is 0.211. The van der Waals surface area contributed by atoms with Crippen LogP contribution < -0.4 is 0 Å². The minimum absolute atomic E-state index is 0.0489. The first kappa shape index (κ1) is 12.6. The summed E-state index contributed by atoms with van der Waals surface area (Å²) < 4.78 is 1.33. The molecule has 1 spiro atoms. The number of carbonyl (C=O) groups is 1. The molecule has 2 aliphatic rings. The lowest BCUT2D eigenvalue weighted by Crippen LogP contribution is -2.69. The molecule has 0 saturated carbocycles. The lowest BCUT2D eigenvalue weighted by Gasteiger charge is -2.58. The van der Waals surface area contributed by atoms with Gasteiger partial charge < -0.3 is 4.90 Å². The van der Waals surface area contributed by atoms with Crippen LogP contribution in [0.4, 0.5) is 4.79 Å². The van der Waals surface area contributed by atoms with Crippen molar-refractivity contribution in [3.63, 3.8) is 0 Å². The standard InChI is InChI=1S/C13H21N5O/c1-11(2)17-7-5-13(17)4-3-6-16(8-13)12(19)18-10-14-9-15-18/h9-11H,3-8H2,1-2H3. The molecule has 2 saturated heterocycles. The molecule has 0 radical (unpaired) electrons. The molecule has 2 fully saturated rings. The summed E-state index contributed by atoms with van der Waals surface area (Å²) in [6.07, 6.45) is 6.36. The second-order valence-corrected chi connectivity index (χ2v) is 5.91. The summed E-state index contributed by atoms with van der Waals surface area (Å²) in [5, 5.41) is 3.94. The van der Waals surface area contributed by atoms with Crippen LogP contribution in [0.15, 0.2) is 12.7 Å². The molecule has 104 valence electrons. The van der Waals surface area contributed by atoms with Crippen molar-refractivity contribution in [1.82, 2.24) is 24.6 Å². The Hall–Kier alpha value is -1.43. The van der Waals surface area contributed by atoms with Gasteiger partial charge in [0.25, 0.3) is 0 Å². The van der Waals surface area contributed by atoms with Crippen LogP contribution in [-0.2, 0) is 0 Å². The van der Waals surface area contributed by atoms with Gasteiger partial charge in [-0.15, -0.1) is 0 Å². The maximum Gasteiger partial charge on any atom is 0.346 e. The normalized spacial score (nSPS) is 27.8. The minimum atomic E-state index is -0.0489. The van der Waals surface area contributed by atoms with Gasteiger partial charge in [-0.25, -0.2) is 9.78 Å². The first-order chi connectivity index (χ1) is 9.12. The zero-order chi connectivity index (χ0) is 13.5. The van der Waals surface area contributed by atoms with E-state index < -0.39 is 0 Å². The highest BCUT2D eigenvalue weighted by molar-refractivity contribution is 5.75. The Bertz CT molecular complexity index is 458. The number of nitrogens with zero attached hydrogens (tertiary/aromatic N) is 5. The number of likely N-dealkylation sites (tertiary alicyclic amines) is 2. The molecule has 1 aromatic rings. The average Bonchev–Trinajstić information content (AvgIpc) is 2.90. The highest BCUT2D eigenvalue weighted by atomic mass is 16.2. The van der Waals surface area contributed by atoms with Crippen LogP contribution in [0.1, 0.15) is 33.1 Å². The van der Waals surface area contributed by atoms with E-state index in [1.54, 1.807) is 0 Å². The minimum Gasteiger partial charge on any atom is -0.321 e. The monoisotopic (exact) mass is 263 g/mol. The topological polar surface area (TPSA) is 54.3 Å². The van der Waals surface area contributed by atoms with Gasteiger partial charge in [-0.05, 0) is 33.1 Å². The van der Waals surface area contributed by atoms with Crippen molar-refractivity contribution in [3.05, 3.63) is 12.7 Å². The average molecular weight is 263 g/mol. The summed E-state index contributed by atoms with van der Waals surface area (Å²) in [6.45, 7) is 7.28. The van der Waals surface area contributed by atoms with Crippen LogP contribution in [0.2, 0.25) is 0 Å². The van der Waals surface area contributed by atoms with Gasteiger partial charge in [0, 0.05) is 31.2 Å². The van der Waals surface area contributed by atoms with E-state index in [2.05, 4.69) is 28.8 Å². The van der Waals surface area contributed by atoms with Gasteiger partial charge in [-0.1, -0.05) is 0 Å². The lowest BCUT2D eigenvalue weighted by atomic mass is 9.77. The van der Waals surface area contributed by atoms with E-state index in [1.807, 2.05) is 4.90 Å². The maximum atomic E-state index is 12.3. The molecule has 1 amide bonds. The zero-order valence-electron chi connectivity index (χ0n) is 11.6. The largest absolute Gasteiger partial charge is 0.346 e. The van der Waals surface area contributed by atoms with Gasteiger partial charge in [-0.3, -0.25) is 4.90 Å². The van der Waals surface area contributed by atoms with E-state index >= 15 is 0 Å². The third-order valence-electron chi connectivity index (χ3n) is 4.49. The molecule has 3 heterocycles. The molecule has 1 aromatic heterocycles. The second-order valence-electron chi connectivity index (χ2n) is 5.91. The van der Waals surface area contributed by atoms with Gasteiger partial charge in [0.05, 0.1) is 0 Å². The van der Waals surface area contributed by atoms with Gasteiger partial charge in [-0.2, -0.15) is 9.78 Å². The molecular weight excluding hydrogens is 242 g/mol. The predicted molar refractivity (Wildman–Crippen MR) is 70.8 cm³/mol. The fraction of sp³-hybridized carbons (Fsp3) is 0.769. The Morgan fingerprint density at radius 2 is 2.16 bits per heavy atom. The quantitative estimate of drug-likeness (QED) is 0.764. The SMILES string of the molecule is CC(C)N1CCC12CCCN(C(=O)n1cncn1)C2. The van der Waals surface area contributed by atoms with Crippen molar-refractivity contribution >= 4 is 6.03 Å².